The maximum Gasteiger partial charge on any atom is 0.247 e. The standard InChI is InChI=1S/C31H34N4O3/c1-22-32-27-14-8-9-15-28(27)34(22)21-29(36)35(20-23-10-4-3-5-11-23)30(24-16-18-26(38-2)19-17-24)31(37)33-25-12-6-7-13-25/h3-5,8-11,14-19,25,30H,6-7,12-13,20-21H2,1-2H3,(H,33,37). The van der Waals surface area contributed by atoms with Crippen LogP contribution in [0.3, 0.4) is 0 Å². The van der Waals surface area contributed by atoms with Crippen LogP contribution in [0.5, 0.6) is 5.75 Å². The molecule has 1 fully saturated rings. The second-order valence-corrected chi connectivity index (χ2v) is 9.91. The Balaban J connectivity index is 1.54. The molecule has 1 saturated carbocycles. The highest BCUT2D eigenvalue weighted by atomic mass is 16.5. The third-order valence-corrected chi connectivity index (χ3v) is 7.35. The average Bonchev–Trinajstić information content (AvgIpc) is 3.56. The first kappa shape index (κ1) is 25.5. The van der Waals surface area contributed by atoms with E-state index in [4.69, 9.17) is 4.74 Å². The van der Waals surface area contributed by atoms with Crippen molar-refractivity contribution in [2.75, 3.05) is 7.11 Å². The minimum atomic E-state index is -0.788. The molecule has 1 aliphatic rings. The zero-order valence-corrected chi connectivity index (χ0v) is 22.0. The number of imidazole rings is 1. The van der Waals surface area contributed by atoms with Crippen molar-refractivity contribution < 1.29 is 14.3 Å². The largest absolute Gasteiger partial charge is 0.497 e. The molecule has 1 N–H and O–H groups in total. The summed E-state index contributed by atoms with van der Waals surface area (Å²) in [5, 5.41) is 3.24. The number of para-hydroxylation sites is 2. The molecular formula is C31H34N4O3. The number of nitrogens with one attached hydrogen (secondary N) is 1. The van der Waals surface area contributed by atoms with Gasteiger partial charge in [-0.25, -0.2) is 4.98 Å². The molecule has 0 radical (unpaired) electrons. The highest BCUT2D eigenvalue weighted by Crippen LogP contribution is 2.28. The van der Waals surface area contributed by atoms with Crippen LogP contribution in [-0.2, 0) is 22.7 Å². The van der Waals surface area contributed by atoms with Crippen LogP contribution >= 0.6 is 0 Å². The van der Waals surface area contributed by atoms with Crippen molar-refractivity contribution in [2.45, 2.75) is 57.8 Å². The molecule has 4 aromatic rings. The van der Waals surface area contributed by atoms with Crippen molar-refractivity contribution in [2.24, 2.45) is 0 Å². The first-order valence-electron chi connectivity index (χ1n) is 13.2. The Kier molecular flexibility index (Phi) is 7.73. The van der Waals surface area contributed by atoms with Crippen molar-refractivity contribution in [3.05, 3.63) is 95.8 Å². The zero-order chi connectivity index (χ0) is 26.5. The lowest BCUT2D eigenvalue weighted by atomic mass is 10.0. The monoisotopic (exact) mass is 510 g/mol. The molecule has 196 valence electrons. The summed E-state index contributed by atoms with van der Waals surface area (Å²) in [5.41, 5.74) is 3.45. The lowest BCUT2D eigenvalue weighted by molar-refractivity contribution is -0.142. The van der Waals surface area contributed by atoms with E-state index in [-0.39, 0.29) is 24.4 Å². The van der Waals surface area contributed by atoms with Crippen molar-refractivity contribution in [1.82, 2.24) is 19.8 Å². The number of fused-ring (bicyclic) bond motifs is 1. The predicted molar refractivity (Wildman–Crippen MR) is 148 cm³/mol. The number of methoxy groups -OCH3 is 1. The van der Waals surface area contributed by atoms with E-state index in [1.54, 1.807) is 12.0 Å². The molecule has 7 heteroatoms. The second kappa shape index (κ2) is 11.5. The number of nitrogens with zero attached hydrogens (tertiary/aromatic N) is 3. The fraction of sp³-hybridized carbons (Fsp3) is 0.323. The van der Waals surface area contributed by atoms with E-state index in [0.29, 0.717) is 12.3 Å². The first-order valence-corrected chi connectivity index (χ1v) is 13.2. The SMILES string of the molecule is COc1ccc(C(C(=O)NC2CCCC2)N(Cc2ccccc2)C(=O)Cn2c(C)nc3ccccc32)cc1. The second-order valence-electron chi connectivity index (χ2n) is 9.91. The minimum Gasteiger partial charge on any atom is -0.497 e. The summed E-state index contributed by atoms with van der Waals surface area (Å²) in [5.74, 6) is 1.15. The molecule has 5 rings (SSSR count). The van der Waals surface area contributed by atoms with Crippen LogP contribution in [0.2, 0.25) is 0 Å². The number of hydrogen-bond donors (Lipinski definition) is 1. The van der Waals surface area contributed by atoms with E-state index in [1.165, 1.54) is 0 Å². The van der Waals surface area contributed by atoms with E-state index in [1.807, 2.05) is 90.4 Å². The van der Waals surface area contributed by atoms with E-state index in [0.717, 1.165) is 53.7 Å². The number of aromatic nitrogens is 2. The van der Waals surface area contributed by atoms with Crippen LogP contribution < -0.4 is 10.1 Å². The predicted octanol–water partition coefficient (Wildman–Crippen LogP) is 5.18. The zero-order valence-electron chi connectivity index (χ0n) is 22.0. The molecule has 0 saturated heterocycles. The van der Waals surface area contributed by atoms with Crippen LogP contribution in [0.25, 0.3) is 11.0 Å². The molecule has 38 heavy (non-hydrogen) atoms. The van der Waals surface area contributed by atoms with Gasteiger partial charge in [0.15, 0.2) is 0 Å². The van der Waals surface area contributed by atoms with Crippen LogP contribution in [0.1, 0.15) is 48.7 Å². The molecule has 0 spiro atoms. The number of hydrogen-bond acceptors (Lipinski definition) is 4. The number of carbonyl (C=O) groups excluding carboxylic acids is 2. The smallest absolute Gasteiger partial charge is 0.247 e. The van der Waals surface area contributed by atoms with Gasteiger partial charge in [0, 0.05) is 12.6 Å². The van der Waals surface area contributed by atoms with Gasteiger partial charge >= 0.3 is 0 Å². The van der Waals surface area contributed by atoms with Gasteiger partial charge < -0.3 is 19.5 Å². The number of amides is 2. The molecule has 0 aliphatic heterocycles. The van der Waals surface area contributed by atoms with E-state index < -0.39 is 6.04 Å². The van der Waals surface area contributed by atoms with Gasteiger partial charge in [-0.15, -0.1) is 0 Å². The van der Waals surface area contributed by atoms with Crippen molar-refractivity contribution in [1.29, 1.82) is 0 Å². The fourth-order valence-electron chi connectivity index (χ4n) is 5.33. The number of ether oxygens (including phenoxy) is 1. The first-order chi connectivity index (χ1) is 18.5. The van der Waals surface area contributed by atoms with Crippen molar-refractivity contribution >= 4 is 22.8 Å². The number of aryl methyl sites for hydroxylation is 1. The van der Waals surface area contributed by atoms with Crippen LogP contribution in [0.4, 0.5) is 0 Å². The number of carbonyl (C=O) groups is 2. The van der Waals surface area contributed by atoms with Gasteiger partial charge in [-0.1, -0.05) is 67.4 Å². The number of rotatable bonds is 9. The van der Waals surface area contributed by atoms with Gasteiger partial charge in [0.2, 0.25) is 11.8 Å². The Morgan fingerprint density at radius 2 is 1.68 bits per heavy atom. The third kappa shape index (κ3) is 5.57. The summed E-state index contributed by atoms with van der Waals surface area (Å²) >= 11 is 0. The average molecular weight is 511 g/mol. The molecule has 0 bridgehead atoms. The summed E-state index contributed by atoms with van der Waals surface area (Å²) in [7, 11) is 1.61. The maximum atomic E-state index is 14.2. The minimum absolute atomic E-state index is 0.0859. The molecule has 1 aromatic heterocycles. The molecule has 2 amide bonds. The highest BCUT2D eigenvalue weighted by molar-refractivity contribution is 5.89. The number of benzene rings is 3. The Morgan fingerprint density at radius 3 is 2.39 bits per heavy atom. The quantitative estimate of drug-likeness (QED) is 0.337. The summed E-state index contributed by atoms with van der Waals surface area (Å²) in [6.45, 7) is 2.30. The third-order valence-electron chi connectivity index (χ3n) is 7.35. The van der Waals surface area contributed by atoms with E-state index in [9.17, 15) is 9.59 Å². The molecular weight excluding hydrogens is 476 g/mol. The summed E-state index contributed by atoms with van der Waals surface area (Å²) < 4.78 is 7.28. The van der Waals surface area contributed by atoms with E-state index >= 15 is 0 Å². The summed E-state index contributed by atoms with van der Waals surface area (Å²) in [6, 6.07) is 24.4. The van der Waals surface area contributed by atoms with Gasteiger partial charge in [0.1, 0.15) is 24.2 Å². The van der Waals surface area contributed by atoms with Crippen LogP contribution in [0.15, 0.2) is 78.9 Å². The van der Waals surface area contributed by atoms with Gasteiger partial charge in [0.05, 0.1) is 18.1 Å². The Bertz CT molecular complexity index is 1390. The molecule has 7 nitrogen and oxygen atoms in total. The molecule has 1 heterocycles. The summed E-state index contributed by atoms with van der Waals surface area (Å²) in [4.78, 5) is 34.4. The highest BCUT2D eigenvalue weighted by Gasteiger charge is 2.33. The Hall–Kier alpha value is -4.13. The van der Waals surface area contributed by atoms with Gasteiger partial charge in [-0.3, -0.25) is 9.59 Å². The van der Waals surface area contributed by atoms with Gasteiger partial charge in [0.25, 0.3) is 0 Å². The van der Waals surface area contributed by atoms with Crippen LogP contribution in [0, 0.1) is 6.92 Å². The molecule has 1 unspecified atom stereocenters. The molecule has 1 atom stereocenters. The van der Waals surface area contributed by atoms with E-state index in [2.05, 4.69) is 10.3 Å². The fourth-order valence-corrected chi connectivity index (χ4v) is 5.33. The lowest BCUT2D eigenvalue weighted by Crippen LogP contribution is -2.46. The normalized spacial score (nSPS) is 14.4. The molecule has 1 aliphatic carbocycles. The lowest BCUT2D eigenvalue weighted by Gasteiger charge is -2.33. The maximum absolute atomic E-state index is 14.2. The molecule has 3 aromatic carbocycles. The van der Waals surface area contributed by atoms with Gasteiger partial charge in [-0.2, -0.15) is 0 Å². The Labute approximate surface area is 223 Å². The topological polar surface area (TPSA) is 76.5 Å². The van der Waals surface area contributed by atoms with Gasteiger partial charge in [-0.05, 0) is 55.2 Å². The van der Waals surface area contributed by atoms with Crippen molar-refractivity contribution in [3.8, 4) is 5.75 Å². The summed E-state index contributed by atoms with van der Waals surface area (Å²) in [6.07, 6.45) is 4.15. The van der Waals surface area contributed by atoms with Crippen molar-refractivity contribution in [3.63, 3.8) is 0 Å². The Morgan fingerprint density at radius 1 is 1.00 bits per heavy atom. The van der Waals surface area contributed by atoms with Crippen LogP contribution in [-0.4, -0.2) is 39.4 Å².